The number of carbonyl (C=O) groups is 1. The average molecular weight is 452 g/mol. The zero-order valence-electron chi connectivity index (χ0n) is 17.3. The highest BCUT2D eigenvalue weighted by molar-refractivity contribution is 7.98. The van der Waals surface area contributed by atoms with Crippen molar-refractivity contribution in [2.75, 3.05) is 12.0 Å². The maximum Gasteiger partial charge on any atom is 0.230 e. The fourth-order valence-electron chi connectivity index (χ4n) is 3.04. The van der Waals surface area contributed by atoms with Gasteiger partial charge in [0, 0.05) is 23.7 Å². The molecule has 0 N–H and O–H groups in total. The molecule has 0 saturated heterocycles. The van der Waals surface area contributed by atoms with E-state index in [0.29, 0.717) is 10.9 Å². The molecule has 0 aliphatic rings. The second kappa shape index (κ2) is 9.32. The summed E-state index contributed by atoms with van der Waals surface area (Å²) in [6, 6.07) is 15.6. The maximum absolute atomic E-state index is 12.3. The van der Waals surface area contributed by atoms with Gasteiger partial charge in [-0.1, -0.05) is 23.9 Å². The standard InChI is InChI=1S/C22H21N5O2S2/c1-15-5-4-6-19(11-15)27(16(2)28)21-24-17(12-30-21)13-31-22-25-23-14-26(22)18-7-9-20(29-3)10-8-18/h4-12,14H,13H2,1-3H3. The average Bonchev–Trinajstić information content (AvgIpc) is 3.42. The van der Waals surface area contributed by atoms with Crippen LogP contribution in [0.2, 0.25) is 0 Å². The molecule has 0 aliphatic carbocycles. The Morgan fingerprint density at radius 2 is 2.03 bits per heavy atom. The molecule has 0 aliphatic heterocycles. The highest BCUT2D eigenvalue weighted by atomic mass is 32.2. The van der Waals surface area contributed by atoms with Crippen LogP contribution >= 0.6 is 23.1 Å². The van der Waals surface area contributed by atoms with Gasteiger partial charge in [0.25, 0.3) is 0 Å². The summed E-state index contributed by atoms with van der Waals surface area (Å²) in [6.45, 7) is 3.56. The molecule has 2 aromatic carbocycles. The van der Waals surface area contributed by atoms with Crippen LogP contribution in [0.4, 0.5) is 10.8 Å². The van der Waals surface area contributed by atoms with Crippen LogP contribution in [-0.4, -0.2) is 32.8 Å². The Kier molecular flexibility index (Phi) is 6.34. The molecular weight excluding hydrogens is 430 g/mol. The summed E-state index contributed by atoms with van der Waals surface area (Å²) in [4.78, 5) is 18.6. The molecule has 0 unspecified atom stereocenters. The first kappa shape index (κ1) is 21.1. The lowest BCUT2D eigenvalue weighted by molar-refractivity contribution is -0.115. The van der Waals surface area contributed by atoms with Crippen LogP contribution in [0, 0.1) is 6.92 Å². The van der Waals surface area contributed by atoms with E-state index < -0.39 is 0 Å². The van der Waals surface area contributed by atoms with Crippen molar-refractivity contribution in [2.24, 2.45) is 0 Å². The van der Waals surface area contributed by atoms with Gasteiger partial charge in [-0.3, -0.25) is 14.3 Å². The van der Waals surface area contributed by atoms with Crippen LogP contribution in [0.25, 0.3) is 5.69 Å². The summed E-state index contributed by atoms with van der Waals surface area (Å²) in [5, 5.41) is 11.7. The van der Waals surface area contributed by atoms with E-state index in [1.54, 1.807) is 37.0 Å². The third-order valence-corrected chi connectivity index (χ3v) is 6.37. The van der Waals surface area contributed by atoms with Crippen LogP contribution in [0.3, 0.4) is 0 Å². The number of thioether (sulfide) groups is 1. The number of amides is 1. The Labute approximate surface area is 188 Å². The van der Waals surface area contributed by atoms with Crippen LogP contribution in [0.15, 0.2) is 65.4 Å². The summed E-state index contributed by atoms with van der Waals surface area (Å²) in [6.07, 6.45) is 1.69. The van der Waals surface area contributed by atoms with Gasteiger partial charge >= 0.3 is 0 Å². The van der Waals surface area contributed by atoms with Gasteiger partial charge in [-0.15, -0.1) is 21.5 Å². The molecule has 2 heterocycles. The minimum Gasteiger partial charge on any atom is -0.497 e. The molecule has 0 fully saturated rings. The molecule has 4 rings (SSSR count). The maximum atomic E-state index is 12.3. The largest absolute Gasteiger partial charge is 0.497 e. The van der Waals surface area contributed by atoms with Crippen molar-refractivity contribution in [3.8, 4) is 11.4 Å². The number of methoxy groups -OCH3 is 1. The number of aromatic nitrogens is 4. The van der Waals surface area contributed by atoms with Gasteiger partial charge in [0.1, 0.15) is 12.1 Å². The zero-order valence-corrected chi connectivity index (χ0v) is 19.0. The smallest absolute Gasteiger partial charge is 0.230 e. The van der Waals surface area contributed by atoms with Gasteiger partial charge in [-0.25, -0.2) is 4.98 Å². The topological polar surface area (TPSA) is 73.1 Å². The van der Waals surface area contributed by atoms with Crippen LogP contribution in [0.5, 0.6) is 5.75 Å². The summed E-state index contributed by atoms with van der Waals surface area (Å²) in [7, 11) is 1.64. The lowest BCUT2D eigenvalue weighted by Gasteiger charge is -2.18. The number of hydrogen-bond donors (Lipinski definition) is 0. The Morgan fingerprint density at radius 3 is 2.74 bits per heavy atom. The molecular formula is C22H21N5O2S2. The monoisotopic (exact) mass is 451 g/mol. The second-order valence-electron chi connectivity index (χ2n) is 6.79. The predicted molar refractivity (Wildman–Crippen MR) is 124 cm³/mol. The summed E-state index contributed by atoms with van der Waals surface area (Å²) < 4.78 is 7.14. The van der Waals surface area contributed by atoms with E-state index in [1.807, 2.05) is 65.4 Å². The fraction of sp³-hybridized carbons (Fsp3) is 0.182. The highest BCUT2D eigenvalue weighted by Gasteiger charge is 2.18. The minimum atomic E-state index is -0.0709. The van der Waals surface area contributed by atoms with Crippen molar-refractivity contribution < 1.29 is 9.53 Å². The number of anilines is 2. The highest BCUT2D eigenvalue weighted by Crippen LogP contribution is 2.31. The first-order valence-electron chi connectivity index (χ1n) is 9.54. The number of rotatable bonds is 7. The number of carbonyl (C=O) groups excluding carboxylic acids is 1. The van der Waals surface area contributed by atoms with E-state index in [1.165, 1.54) is 11.3 Å². The van der Waals surface area contributed by atoms with Gasteiger partial charge < -0.3 is 4.74 Å². The second-order valence-corrected chi connectivity index (χ2v) is 8.56. The molecule has 0 spiro atoms. The van der Waals surface area contributed by atoms with E-state index in [9.17, 15) is 4.79 Å². The summed E-state index contributed by atoms with van der Waals surface area (Å²) in [5.41, 5.74) is 3.75. The molecule has 7 nitrogen and oxygen atoms in total. The Morgan fingerprint density at radius 1 is 1.23 bits per heavy atom. The van der Waals surface area contributed by atoms with Crippen molar-refractivity contribution in [1.29, 1.82) is 0 Å². The van der Waals surface area contributed by atoms with Gasteiger partial charge in [-0.2, -0.15) is 0 Å². The van der Waals surface area contributed by atoms with Gasteiger partial charge in [0.2, 0.25) is 5.91 Å². The van der Waals surface area contributed by atoms with E-state index in [0.717, 1.165) is 33.5 Å². The molecule has 0 bridgehead atoms. The van der Waals surface area contributed by atoms with E-state index in [4.69, 9.17) is 9.72 Å². The first-order valence-corrected chi connectivity index (χ1v) is 11.4. The summed E-state index contributed by atoms with van der Waals surface area (Å²) in [5.74, 6) is 1.34. The van der Waals surface area contributed by atoms with E-state index >= 15 is 0 Å². The van der Waals surface area contributed by atoms with Crippen LogP contribution in [-0.2, 0) is 10.5 Å². The van der Waals surface area contributed by atoms with Crippen LogP contribution < -0.4 is 9.64 Å². The zero-order chi connectivity index (χ0) is 21.8. The lowest BCUT2D eigenvalue weighted by Crippen LogP contribution is -2.22. The van der Waals surface area contributed by atoms with E-state index in [2.05, 4.69) is 10.2 Å². The number of hydrogen-bond acceptors (Lipinski definition) is 7. The number of nitrogens with zero attached hydrogens (tertiary/aromatic N) is 5. The van der Waals surface area contributed by atoms with Crippen molar-refractivity contribution in [3.05, 3.63) is 71.5 Å². The normalized spacial score (nSPS) is 10.8. The number of benzene rings is 2. The molecule has 158 valence electrons. The molecule has 1 amide bonds. The van der Waals surface area contributed by atoms with Gasteiger partial charge in [0.05, 0.1) is 18.5 Å². The van der Waals surface area contributed by atoms with Crippen molar-refractivity contribution >= 4 is 39.8 Å². The van der Waals surface area contributed by atoms with Crippen molar-refractivity contribution in [2.45, 2.75) is 24.8 Å². The molecule has 4 aromatic rings. The third kappa shape index (κ3) is 4.78. The Hall–Kier alpha value is -3.17. The third-order valence-electron chi connectivity index (χ3n) is 4.52. The van der Waals surface area contributed by atoms with Crippen molar-refractivity contribution in [3.63, 3.8) is 0 Å². The van der Waals surface area contributed by atoms with E-state index in [-0.39, 0.29) is 5.91 Å². The summed E-state index contributed by atoms with van der Waals surface area (Å²) >= 11 is 2.99. The molecule has 0 saturated carbocycles. The van der Waals surface area contributed by atoms with Gasteiger partial charge in [0.15, 0.2) is 10.3 Å². The van der Waals surface area contributed by atoms with Crippen molar-refractivity contribution in [1.82, 2.24) is 19.7 Å². The SMILES string of the molecule is COc1ccc(-n2cnnc2SCc2csc(N(C(C)=O)c3cccc(C)c3)n2)cc1. The fourth-order valence-corrected chi connectivity index (χ4v) is 4.85. The number of ether oxygens (including phenoxy) is 1. The van der Waals surface area contributed by atoms with Crippen LogP contribution in [0.1, 0.15) is 18.2 Å². The molecule has 0 atom stereocenters. The molecule has 2 aromatic heterocycles. The minimum absolute atomic E-state index is 0.0709. The molecule has 9 heteroatoms. The number of thiazole rings is 1. The number of aryl methyl sites for hydroxylation is 1. The Balaban J connectivity index is 1.50. The quantitative estimate of drug-likeness (QED) is 0.368. The Bertz CT molecular complexity index is 1190. The first-order chi connectivity index (χ1) is 15.0. The lowest BCUT2D eigenvalue weighted by atomic mass is 10.2. The molecule has 0 radical (unpaired) electrons. The van der Waals surface area contributed by atoms with Gasteiger partial charge in [-0.05, 0) is 48.9 Å². The predicted octanol–water partition coefficient (Wildman–Crippen LogP) is 5.02. The molecule has 31 heavy (non-hydrogen) atoms.